The van der Waals surface area contributed by atoms with E-state index in [0.29, 0.717) is 28.7 Å². The predicted molar refractivity (Wildman–Crippen MR) is 76.0 cm³/mol. The third-order valence-corrected chi connectivity index (χ3v) is 4.55. The van der Waals surface area contributed by atoms with Crippen molar-refractivity contribution in [3.63, 3.8) is 0 Å². The van der Waals surface area contributed by atoms with Gasteiger partial charge in [-0.2, -0.15) is 0 Å². The minimum absolute atomic E-state index is 0.0192. The summed E-state index contributed by atoms with van der Waals surface area (Å²) in [6.07, 6.45) is 5.70. The van der Waals surface area contributed by atoms with E-state index in [-0.39, 0.29) is 5.91 Å². The number of imidazole rings is 1. The lowest BCUT2D eigenvalue weighted by Gasteiger charge is -2.23. The maximum atomic E-state index is 12.3. The third-order valence-electron chi connectivity index (χ3n) is 4.36. The summed E-state index contributed by atoms with van der Waals surface area (Å²) >= 11 is 5.86. The molecule has 20 heavy (non-hydrogen) atoms. The molecule has 2 aromatic heterocycles. The normalized spacial score (nSPS) is 28.1. The van der Waals surface area contributed by atoms with Crippen LogP contribution in [-0.4, -0.2) is 33.9 Å². The first-order valence-corrected chi connectivity index (χ1v) is 7.25. The summed E-state index contributed by atoms with van der Waals surface area (Å²) in [4.78, 5) is 16.5. The van der Waals surface area contributed by atoms with Crippen molar-refractivity contribution in [2.75, 3.05) is 6.54 Å². The number of amides is 1. The second-order valence-corrected chi connectivity index (χ2v) is 6.05. The van der Waals surface area contributed by atoms with Gasteiger partial charge in [-0.3, -0.25) is 4.79 Å². The predicted octanol–water partition coefficient (Wildman–Crippen LogP) is 1.47. The van der Waals surface area contributed by atoms with Crippen molar-refractivity contribution in [1.82, 2.24) is 20.0 Å². The van der Waals surface area contributed by atoms with E-state index in [9.17, 15) is 4.79 Å². The zero-order chi connectivity index (χ0) is 13.7. The summed E-state index contributed by atoms with van der Waals surface area (Å²) < 4.78 is 1.78. The van der Waals surface area contributed by atoms with E-state index in [1.807, 2.05) is 6.07 Å². The molecular formula is C14H15ClN4O. The van der Waals surface area contributed by atoms with Gasteiger partial charge in [0.1, 0.15) is 10.8 Å². The van der Waals surface area contributed by atoms with Crippen LogP contribution in [0.1, 0.15) is 23.2 Å². The fourth-order valence-electron chi connectivity index (χ4n) is 3.36. The number of fused-ring (bicyclic) bond motifs is 3. The van der Waals surface area contributed by atoms with Crippen LogP contribution in [0.15, 0.2) is 24.5 Å². The molecule has 3 heterocycles. The summed E-state index contributed by atoms with van der Waals surface area (Å²) in [7, 11) is 0. The molecule has 6 heteroatoms. The van der Waals surface area contributed by atoms with Gasteiger partial charge in [-0.25, -0.2) is 4.98 Å². The minimum Gasteiger partial charge on any atom is -0.349 e. The van der Waals surface area contributed by atoms with Crippen molar-refractivity contribution in [3.8, 4) is 0 Å². The Morgan fingerprint density at radius 2 is 2.30 bits per heavy atom. The number of nitrogens with zero attached hydrogens (tertiary/aromatic N) is 2. The molecule has 2 fully saturated rings. The Kier molecular flexibility index (Phi) is 2.72. The van der Waals surface area contributed by atoms with Gasteiger partial charge >= 0.3 is 0 Å². The first-order valence-electron chi connectivity index (χ1n) is 6.87. The van der Waals surface area contributed by atoms with Gasteiger partial charge in [-0.1, -0.05) is 11.6 Å². The molecule has 1 saturated carbocycles. The Balaban J connectivity index is 1.54. The molecule has 3 unspecified atom stereocenters. The van der Waals surface area contributed by atoms with Crippen LogP contribution in [0.2, 0.25) is 5.15 Å². The second-order valence-electron chi connectivity index (χ2n) is 5.66. The molecule has 5 nitrogen and oxygen atoms in total. The molecule has 1 aliphatic heterocycles. The summed E-state index contributed by atoms with van der Waals surface area (Å²) in [5.41, 5.74) is 1.39. The van der Waals surface area contributed by atoms with Crippen LogP contribution in [0.25, 0.3) is 5.65 Å². The van der Waals surface area contributed by atoms with Gasteiger partial charge < -0.3 is 15.0 Å². The molecule has 3 atom stereocenters. The molecule has 0 aromatic carbocycles. The Morgan fingerprint density at radius 1 is 1.40 bits per heavy atom. The van der Waals surface area contributed by atoms with Crippen molar-refractivity contribution < 1.29 is 4.79 Å². The number of rotatable bonds is 2. The van der Waals surface area contributed by atoms with E-state index in [4.69, 9.17) is 11.6 Å². The van der Waals surface area contributed by atoms with Gasteiger partial charge in [0.2, 0.25) is 0 Å². The van der Waals surface area contributed by atoms with Crippen molar-refractivity contribution >= 4 is 23.2 Å². The van der Waals surface area contributed by atoms with E-state index >= 15 is 0 Å². The number of piperidine rings is 1. The van der Waals surface area contributed by atoms with E-state index in [2.05, 4.69) is 15.6 Å². The summed E-state index contributed by atoms with van der Waals surface area (Å²) in [6, 6.07) is 4.49. The lowest BCUT2D eigenvalue weighted by Crippen LogP contribution is -2.44. The Bertz CT molecular complexity index is 683. The first kappa shape index (κ1) is 12.2. The molecule has 2 bridgehead atoms. The largest absolute Gasteiger partial charge is 0.349 e. The van der Waals surface area contributed by atoms with Crippen LogP contribution in [-0.2, 0) is 0 Å². The van der Waals surface area contributed by atoms with E-state index in [0.717, 1.165) is 18.6 Å². The van der Waals surface area contributed by atoms with Crippen LogP contribution in [0, 0.1) is 5.92 Å². The molecular weight excluding hydrogens is 276 g/mol. The molecule has 4 rings (SSSR count). The van der Waals surface area contributed by atoms with E-state index < -0.39 is 0 Å². The molecule has 2 N–H and O–H groups in total. The van der Waals surface area contributed by atoms with E-state index in [1.165, 1.54) is 6.42 Å². The van der Waals surface area contributed by atoms with Gasteiger partial charge in [0.05, 0.1) is 5.56 Å². The topological polar surface area (TPSA) is 58.4 Å². The Morgan fingerprint density at radius 3 is 3.05 bits per heavy atom. The lowest BCUT2D eigenvalue weighted by molar-refractivity contribution is 0.0924. The second kappa shape index (κ2) is 4.46. The molecule has 0 spiro atoms. The van der Waals surface area contributed by atoms with E-state index in [1.54, 1.807) is 22.9 Å². The number of hydrogen-bond donors (Lipinski definition) is 2. The van der Waals surface area contributed by atoms with Crippen LogP contribution < -0.4 is 10.6 Å². The number of aromatic nitrogens is 2. The molecule has 1 aliphatic carbocycles. The molecule has 2 aromatic rings. The smallest absolute Gasteiger partial charge is 0.253 e. The van der Waals surface area contributed by atoms with Crippen molar-refractivity contribution in [2.24, 2.45) is 5.92 Å². The summed E-state index contributed by atoms with van der Waals surface area (Å²) in [5.74, 6) is 0.560. The maximum absolute atomic E-state index is 12.3. The average Bonchev–Trinajstić information content (AvgIpc) is 3.10. The van der Waals surface area contributed by atoms with Crippen LogP contribution >= 0.6 is 11.6 Å². The van der Waals surface area contributed by atoms with Gasteiger partial charge in [0.25, 0.3) is 5.91 Å². The third kappa shape index (κ3) is 1.98. The SMILES string of the molecule is O=C(NC1CC2CC1CN2)c1ccc2nc(Cl)cn2c1. The summed E-state index contributed by atoms with van der Waals surface area (Å²) in [5, 5.41) is 7.03. The zero-order valence-corrected chi connectivity index (χ0v) is 11.6. The van der Waals surface area contributed by atoms with Gasteiger partial charge in [-0.05, 0) is 30.9 Å². The minimum atomic E-state index is -0.0192. The Labute approximate surface area is 121 Å². The maximum Gasteiger partial charge on any atom is 0.253 e. The fourth-order valence-corrected chi connectivity index (χ4v) is 3.55. The lowest BCUT2D eigenvalue weighted by atomic mass is 10.0. The zero-order valence-electron chi connectivity index (χ0n) is 10.8. The monoisotopic (exact) mass is 290 g/mol. The van der Waals surface area contributed by atoms with Gasteiger partial charge in [-0.15, -0.1) is 0 Å². The standard InChI is InChI=1S/C14H15ClN4O/c15-12-7-19-6-8(1-2-13(19)18-12)14(20)17-11-4-10-3-9(11)5-16-10/h1-2,6-7,9-11,16H,3-5H2,(H,17,20). The number of carbonyl (C=O) groups excluding carboxylic acids is 1. The number of carbonyl (C=O) groups is 1. The fraction of sp³-hybridized carbons (Fsp3) is 0.429. The highest BCUT2D eigenvalue weighted by Crippen LogP contribution is 2.31. The van der Waals surface area contributed by atoms with Crippen molar-refractivity contribution in [2.45, 2.75) is 24.9 Å². The Hall–Kier alpha value is -1.59. The number of hydrogen-bond acceptors (Lipinski definition) is 3. The first-order chi connectivity index (χ1) is 9.69. The van der Waals surface area contributed by atoms with Crippen LogP contribution in [0.5, 0.6) is 0 Å². The van der Waals surface area contributed by atoms with Crippen molar-refractivity contribution in [3.05, 3.63) is 35.2 Å². The highest BCUT2D eigenvalue weighted by molar-refractivity contribution is 6.29. The molecule has 1 amide bonds. The quantitative estimate of drug-likeness (QED) is 0.880. The highest BCUT2D eigenvalue weighted by atomic mass is 35.5. The average molecular weight is 291 g/mol. The number of halogens is 1. The number of pyridine rings is 1. The highest BCUT2D eigenvalue weighted by Gasteiger charge is 2.40. The van der Waals surface area contributed by atoms with Crippen LogP contribution in [0.3, 0.4) is 0 Å². The molecule has 1 saturated heterocycles. The van der Waals surface area contributed by atoms with Gasteiger partial charge in [0, 0.05) is 31.0 Å². The van der Waals surface area contributed by atoms with Gasteiger partial charge in [0.15, 0.2) is 0 Å². The molecule has 2 aliphatic rings. The molecule has 104 valence electrons. The summed E-state index contributed by atoms with van der Waals surface area (Å²) in [6.45, 7) is 1.02. The molecule has 0 radical (unpaired) electrons. The van der Waals surface area contributed by atoms with Crippen LogP contribution in [0.4, 0.5) is 0 Å². The van der Waals surface area contributed by atoms with Crippen molar-refractivity contribution in [1.29, 1.82) is 0 Å². The number of nitrogens with one attached hydrogen (secondary N) is 2.